The van der Waals surface area contributed by atoms with E-state index in [1.54, 1.807) is 0 Å². The summed E-state index contributed by atoms with van der Waals surface area (Å²) in [7, 11) is -0.570. The van der Waals surface area contributed by atoms with Crippen LogP contribution < -0.4 is 10.6 Å². The fraction of sp³-hybridized carbons (Fsp3) is 0.214. The predicted octanol–water partition coefficient (Wildman–Crippen LogP) is 11.7. The van der Waals surface area contributed by atoms with E-state index in [4.69, 9.17) is 0 Å². The van der Waals surface area contributed by atoms with Gasteiger partial charge in [0.2, 0.25) is 0 Å². The Morgan fingerprint density at radius 2 is 0.909 bits per heavy atom. The van der Waals surface area contributed by atoms with E-state index in [0.29, 0.717) is 0 Å². The molecule has 0 atom stereocenters. The molecule has 0 aliphatic rings. The van der Waals surface area contributed by atoms with Crippen molar-refractivity contribution in [2.75, 3.05) is 0 Å². The molecule has 0 spiro atoms. The van der Waals surface area contributed by atoms with Crippen LogP contribution in [0, 0.1) is 34.6 Å². The summed E-state index contributed by atoms with van der Waals surface area (Å²) in [5.41, 5.74) is 10.1. The molecule has 0 saturated carbocycles. The molecular weight excluding hydrogens is 731 g/mol. The van der Waals surface area contributed by atoms with Crippen LogP contribution in [0.15, 0.2) is 121 Å². The average molecular weight is 779 g/mol. The van der Waals surface area contributed by atoms with E-state index in [1.807, 2.05) is 0 Å². The Bertz CT molecular complexity index is 1450. The molecule has 234 valence electrons. The summed E-state index contributed by atoms with van der Waals surface area (Å²) in [5, 5.41) is 2.90. The summed E-state index contributed by atoms with van der Waals surface area (Å²) >= 11 is 0. The van der Waals surface area contributed by atoms with Crippen molar-refractivity contribution in [2.24, 2.45) is 0 Å². The van der Waals surface area contributed by atoms with E-state index >= 15 is 0 Å². The minimum atomic E-state index is -0.570. The summed E-state index contributed by atoms with van der Waals surface area (Å²) < 4.78 is 0. The van der Waals surface area contributed by atoms with Crippen LogP contribution in [0.2, 0.25) is 0 Å². The zero-order valence-electron chi connectivity index (χ0n) is 27.0. The normalized spacial score (nSPS) is 10.2. The zero-order valence-corrected chi connectivity index (χ0v) is 30.1. The monoisotopic (exact) mass is 778 g/mol. The molecule has 0 N–H and O–H groups in total. The summed E-state index contributed by atoms with van der Waals surface area (Å²) in [4.78, 5) is 0. The maximum atomic E-state index is 4.54. The van der Waals surface area contributed by atoms with Gasteiger partial charge in [0.15, 0.2) is 0 Å². The molecule has 0 nitrogen and oxygen atoms in total. The standard InChI is InChI=1S/C34H30P.2C4H9.Pt/c1-25-14-10-12-20-33(25)35(34-21-13-11-15-26(34)2)24-30-23-32(29-18-8-5-9-19-29)31(22-27(30)3)28-16-6-4-7-17-28;2*1-3-4-2;/h4-23H,3,24H2,1-2H3;2*1,3-4H2,2H3;/q3*-1;. The Balaban J connectivity index is 0.000000672. The van der Waals surface area contributed by atoms with Crippen LogP contribution >= 0.6 is 7.92 Å². The van der Waals surface area contributed by atoms with Crippen LogP contribution in [0.3, 0.4) is 0 Å². The van der Waals surface area contributed by atoms with Gasteiger partial charge in [0, 0.05) is 21.1 Å². The van der Waals surface area contributed by atoms with Crippen LogP contribution in [0.25, 0.3) is 22.3 Å². The predicted molar refractivity (Wildman–Crippen MR) is 195 cm³/mol. The third-order valence-corrected chi connectivity index (χ3v) is 10.2. The van der Waals surface area contributed by atoms with Gasteiger partial charge in [-0.1, -0.05) is 149 Å². The van der Waals surface area contributed by atoms with Gasteiger partial charge in [0.1, 0.15) is 0 Å². The Morgan fingerprint density at radius 3 is 1.30 bits per heavy atom. The van der Waals surface area contributed by atoms with Crippen molar-refractivity contribution in [1.82, 2.24) is 0 Å². The molecule has 44 heavy (non-hydrogen) atoms. The van der Waals surface area contributed by atoms with Crippen molar-refractivity contribution >= 4 is 18.5 Å². The molecule has 0 unspecified atom stereocenters. The van der Waals surface area contributed by atoms with E-state index in [0.717, 1.165) is 24.6 Å². The SMILES string of the molecule is [CH2-]CCC.[CH2-]CCC.[CH2-]c1cc(-c2ccccc2)c(-c2ccccc2)cc1CP(c1ccccc1C)c1ccccc1C.[Pt]. The van der Waals surface area contributed by atoms with Crippen LogP contribution in [0.4, 0.5) is 0 Å². The number of hydrogen-bond acceptors (Lipinski definition) is 0. The molecule has 0 heterocycles. The molecule has 0 saturated heterocycles. The summed E-state index contributed by atoms with van der Waals surface area (Å²) in [5.74, 6) is 0. The summed E-state index contributed by atoms with van der Waals surface area (Å²) in [6.45, 7) is 20.5. The minimum absolute atomic E-state index is 0. The van der Waals surface area contributed by atoms with Gasteiger partial charge in [-0.2, -0.15) is 31.4 Å². The smallest absolute Gasteiger partial charge is 0 e. The van der Waals surface area contributed by atoms with E-state index < -0.39 is 7.92 Å². The van der Waals surface area contributed by atoms with Gasteiger partial charge in [-0.25, -0.2) is 0 Å². The van der Waals surface area contributed by atoms with Gasteiger partial charge in [0.05, 0.1) is 0 Å². The molecule has 5 aromatic rings. The quantitative estimate of drug-likeness (QED) is 0.109. The second kappa shape index (κ2) is 20.2. The first-order chi connectivity index (χ1) is 20.9. The van der Waals surface area contributed by atoms with Gasteiger partial charge in [-0.3, -0.25) is 0 Å². The molecular formula is C42H48PPt-3. The molecule has 0 bridgehead atoms. The molecule has 0 radical (unpaired) electrons. The van der Waals surface area contributed by atoms with Gasteiger partial charge in [-0.15, -0.1) is 11.6 Å². The van der Waals surface area contributed by atoms with Crippen molar-refractivity contribution < 1.29 is 21.1 Å². The number of aryl methyl sites for hydroxylation is 2. The molecule has 0 fully saturated rings. The second-order valence-corrected chi connectivity index (χ2v) is 12.9. The first-order valence-electron chi connectivity index (χ1n) is 15.5. The maximum Gasteiger partial charge on any atom is 0 e. The molecule has 0 aliphatic carbocycles. The van der Waals surface area contributed by atoms with Gasteiger partial charge in [0.25, 0.3) is 0 Å². The average Bonchev–Trinajstić information content (AvgIpc) is 3.06. The summed E-state index contributed by atoms with van der Waals surface area (Å²) in [6.07, 6.45) is 5.53. The molecule has 0 aromatic heterocycles. The third kappa shape index (κ3) is 10.6. The van der Waals surface area contributed by atoms with Crippen molar-refractivity contribution in [3.05, 3.63) is 164 Å². The Hall–Kier alpha value is -2.91. The molecule has 0 amide bonds. The zero-order chi connectivity index (χ0) is 31.0. The third-order valence-electron chi connectivity index (χ3n) is 7.36. The number of benzene rings is 5. The molecule has 0 aliphatic heterocycles. The second-order valence-electron chi connectivity index (χ2n) is 10.8. The van der Waals surface area contributed by atoms with Crippen LogP contribution in [-0.4, -0.2) is 0 Å². The van der Waals surface area contributed by atoms with Gasteiger partial charge < -0.3 is 13.8 Å². The number of unbranched alkanes of at least 4 members (excludes halogenated alkanes) is 2. The minimum Gasteiger partial charge on any atom is -0.343 e. The van der Waals surface area contributed by atoms with E-state index in [9.17, 15) is 0 Å². The van der Waals surface area contributed by atoms with Gasteiger partial charge in [-0.05, 0) is 58.4 Å². The first kappa shape index (κ1) is 37.3. The Morgan fingerprint density at radius 1 is 0.545 bits per heavy atom. The van der Waals surface area contributed by atoms with E-state index in [1.165, 1.54) is 62.4 Å². The molecule has 5 rings (SSSR count). The van der Waals surface area contributed by atoms with Gasteiger partial charge >= 0.3 is 0 Å². The van der Waals surface area contributed by atoms with E-state index in [2.05, 4.69) is 170 Å². The molecule has 2 heteroatoms. The maximum absolute atomic E-state index is 4.54. The van der Waals surface area contributed by atoms with Crippen LogP contribution in [0.5, 0.6) is 0 Å². The number of rotatable bonds is 8. The fourth-order valence-electron chi connectivity index (χ4n) is 4.75. The van der Waals surface area contributed by atoms with E-state index in [-0.39, 0.29) is 21.1 Å². The van der Waals surface area contributed by atoms with Crippen molar-refractivity contribution in [3.8, 4) is 22.3 Å². The fourth-order valence-corrected chi connectivity index (χ4v) is 7.52. The Labute approximate surface area is 284 Å². The van der Waals surface area contributed by atoms with Crippen molar-refractivity contribution in [2.45, 2.75) is 59.5 Å². The Kier molecular flexibility index (Phi) is 17.1. The molecule has 5 aromatic carbocycles. The number of hydrogen-bond donors (Lipinski definition) is 0. The van der Waals surface area contributed by atoms with Crippen molar-refractivity contribution in [1.29, 1.82) is 0 Å². The first-order valence-corrected chi connectivity index (χ1v) is 17.0. The summed E-state index contributed by atoms with van der Waals surface area (Å²) in [6, 6.07) is 43.8. The topological polar surface area (TPSA) is 0 Å². The largest absolute Gasteiger partial charge is 0.343 e. The van der Waals surface area contributed by atoms with Crippen LogP contribution in [-0.2, 0) is 27.2 Å². The van der Waals surface area contributed by atoms with Crippen molar-refractivity contribution in [3.63, 3.8) is 0 Å². The van der Waals surface area contributed by atoms with Crippen LogP contribution in [0.1, 0.15) is 61.8 Å².